The molecule has 0 aromatic heterocycles. The largest absolute Gasteiger partial charge is 0.508 e. The maximum atomic E-state index is 12.7. The number of hydrogen-bond donors (Lipinski definition) is 2. The van der Waals surface area contributed by atoms with Crippen LogP contribution in [0.5, 0.6) is 11.5 Å². The van der Waals surface area contributed by atoms with Crippen molar-refractivity contribution in [2.24, 2.45) is 0 Å². The van der Waals surface area contributed by atoms with Gasteiger partial charge in [-0.15, -0.1) is 0 Å². The van der Waals surface area contributed by atoms with Crippen LogP contribution in [0.25, 0.3) is 0 Å². The molecular formula is C18H19ClN2O3. The van der Waals surface area contributed by atoms with Crippen LogP contribution in [0.3, 0.4) is 0 Å². The standard InChI is InChI=1S/C18H19ClN2O3/c1-24-16-6-2-4-14(19)17(16)20-18(23)21-11-3-5-15(21)12-7-9-13(22)10-8-12/h2,4,6-10,15,22H,3,5,11H2,1H3,(H,20,23). The zero-order valence-electron chi connectivity index (χ0n) is 13.3. The highest BCUT2D eigenvalue weighted by atomic mass is 35.5. The predicted molar refractivity (Wildman–Crippen MR) is 93.8 cm³/mol. The van der Waals surface area contributed by atoms with Crippen molar-refractivity contribution in [2.45, 2.75) is 18.9 Å². The van der Waals surface area contributed by atoms with E-state index >= 15 is 0 Å². The van der Waals surface area contributed by atoms with Gasteiger partial charge < -0.3 is 20.1 Å². The molecule has 3 rings (SSSR count). The Bertz CT molecular complexity index is 734. The average Bonchev–Trinajstić information content (AvgIpc) is 3.07. The van der Waals surface area contributed by atoms with Gasteiger partial charge in [0, 0.05) is 6.54 Å². The van der Waals surface area contributed by atoms with Gasteiger partial charge in [-0.3, -0.25) is 0 Å². The minimum absolute atomic E-state index is 0.0147. The number of aromatic hydroxyl groups is 1. The Kier molecular flexibility index (Phi) is 4.81. The first-order valence-corrected chi connectivity index (χ1v) is 8.17. The second kappa shape index (κ2) is 7.01. The topological polar surface area (TPSA) is 61.8 Å². The maximum Gasteiger partial charge on any atom is 0.322 e. The fourth-order valence-electron chi connectivity index (χ4n) is 3.03. The number of phenols is 1. The summed E-state index contributed by atoms with van der Waals surface area (Å²) in [7, 11) is 1.54. The molecule has 0 bridgehead atoms. The quantitative estimate of drug-likeness (QED) is 0.864. The lowest BCUT2D eigenvalue weighted by molar-refractivity contribution is 0.207. The second-order valence-corrected chi connectivity index (χ2v) is 6.10. The number of anilines is 1. The van der Waals surface area contributed by atoms with E-state index in [1.54, 1.807) is 35.2 Å². The fraction of sp³-hybridized carbons (Fsp3) is 0.278. The summed E-state index contributed by atoms with van der Waals surface area (Å²) in [6.07, 6.45) is 1.82. The number of ether oxygens (including phenoxy) is 1. The van der Waals surface area contributed by atoms with Crippen LogP contribution in [0, 0.1) is 0 Å². The minimum Gasteiger partial charge on any atom is -0.508 e. The summed E-state index contributed by atoms with van der Waals surface area (Å²) in [4.78, 5) is 14.5. The van der Waals surface area contributed by atoms with Gasteiger partial charge in [0.1, 0.15) is 17.2 Å². The molecule has 1 heterocycles. The predicted octanol–water partition coefficient (Wildman–Crippen LogP) is 4.42. The molecule has 0 aliphatic carbocycles. The van der Waals surface area contributed by atoms with Crippen LogP contribution in [0.4, 0.5) is 10.5 Å². The highest BCUT2D eigenvalue weighted by Gasteiger charge is 2.30. The number of halogens is 1. The molecule has 0 saturated carbocycles. The summed E-state index contributed by atoms with van der Waals surface area (Å²) in [5, 5.41) is 12.7. The molecule has 1 aliphatic heterocycles. The molecule has 1 saturated heterocycles. The molecule has 2 aromatic carbocycles. The number of para-hydroxylation sites is 1. The molecular weight excluding hydrogens is 328 g/mol. The van der Waals surface area contributed by atoms with Crippen molar-refractivity contribution in [1.82, 2.24) is 4.90 Å². The number of rotatable bonds is 3. The number of likely N-dealkylation sites (tertiary alicyclic amines) is 1. The van der Waals surface area contributed by atoms with E-state index in [1.165, 1.54) is 7.11 Å². The number of carbonyl (C=O) groups excluding carboxylic acids is 1. The van der Waals surface area contributed by atoms with E-state index in [-0.39, 0.29) is 17.8 Å². The summed E-state index contributed by atoms with van der Waals surface area (Å²) >= 11 is 6.19. The van der Waals surface area contributed by atoms with E-state index in [1.807, 2.05) is 12.1 Å². The van der Waals surface area contributed by atoms with Crippen molar-refractivity contribution in [1.29, 1.82) is 0 Å². The number of nitrogens with zero attached hydrogens (tertiary/aromatic N) is 1. The number of phenolic OH excluding ortho intramolecular Hbond substituents is 1. The van der Waals surface area contributed by atoms with Gasteiger partial charge >= 0.3 is 6.03 Å². The zero-order valence-corrected chi connectivity index (χ0v) is 14.1. The Balaban J connectivity index is 1.80. The minimum atomic E-state index is -0.211. The van der Waals surface area contributed by atoms with Crippen molar-refractivity contribution in [3.63, 3.8) is 0 Å². The van der Waals surface area contributed by atoms with Crippen molar-refractivity contribution in [3.8, 4) is 11.5 Å². The van der Waals surface area contributed by atoms with Crippen LogP contribution in [0.15, 0.2) is 42.5 Å². The molecule has 0 spiro atoms. The normalized spacial score (nSPS) is 16.9. The van der Waals surface area contributed by atoms with E-state index in [0.29, 0.717) is 23.0 Å². The molecule has 1 fully saturated rings. The highest BCUT2D eigenvalue weighted by molar-refractivity contribution is 6.34. The smallest absolute Gasteiger partial charge is 0.322 e. The lowest BCUT2D eigenvalue weighted by Crippen LogP contribution is -2.34. The van der Waals surface area contributed by atoms with Gasteiger partial charge in [0.25, 0.3) is 0 Å². The van der Waals surface area contributed by atoms with Crippen molar-refractivity contribution < 1.29 is 14.6 Å². The summed E-state index contributed by atoms with van der Waals surface area (Å²) in [5.74, 6) is 0.741. The third-order valence-corrected chi connectivity index (χ3v) is 4.53. The van der Waals surface area contributed by atoms with Gasteiger partial charge in [-0.1, -0.05) is 29.8 Å². The number of amides is 2. The number of carbonyl (C=O) groups is 1. The highest BCUT2D eigenvalue weighted by Crippen LogP contribution is 2.36. The Morgan fingerprint density at radius 1 is 1.29 bits per heavy atom. The molecule has 24 heavy (non-hydrogen) atoms. The van der Waals surface area contributed by atoms with E-state index in [0.717, 1.165) is 18.4 Å². The summed E-state index contributed by atoms with van der Waals surface area (Å²) in [6, 6.07) is 12.0. The van der Waals surface area contributed by atoms with Gasteiger partial charge in [0.15, 0.2) is 0 Å². The molecule has 1 unspecified atom stereocenters. The third-order valence-electron chi connectivity index (χ3n) is 4.22. The van der Waals surface area contributed by atoms with Gasteiger partial charge in [0.05, 0.1) is 18.2 Å². The van der Waals surface area contributed by atoms with Gasteiger partial charge in [-0.25, -0.2) is 4.79 Å². The van der Waals surface area contributed by atoms with Crippen molar-refractivity contribution >= 4 is 23.3 Å². The monoisotopic (exact) mass is 346 g/mol. The molecule has 126 valence electrons. The molecule has 2 aromatic rings. The lowest BCUT2D eigenvalue weighted by atomic mass is 10.0. The van der Waals surface area contributed by atoms with E-state index in [2.05, 4.69) is 5.32 Å². The number of nitrogens with one attached hydrogen (secondary N) is 1. The first-order valence-electron chi connectivity index (χ1n) is 7.79. The van der Waals surface area contributed by atoms with Crippen LogP contribution in [-0.4, -0.2) is 29.7 Å². The number of methoxy groups -OCH3 is 1. The van der Waals surface area contributed by atoms with Crippen molar-refractivity contribution in [3.05, 3.63) is 53.1 Å². The lowest BCUT2D eigenvalue weighted by Gasteiger charge is -2.26. The van der Waals surface area contributed by atoms with Crippen LogP contribution in [-0.2, 0) is 0 Å². The Hall–Kier alpha value is -2.40. The fourth-order valence-corrected chi connectivity index (χ4v) is 3.24. The summed E-state index contributed by atoms with van der Waals surface area (Å²) < 4.78 is 5.27. The first kappa shape index (κ1) is 16.5. The number of urea groups is 1. The second-order valence-electron chi connectivity index (χ2n) is 5.69. The molecule has 0 radical (unpaired) electrons. The molecule has 5 nitrogen and oxygen atoms in total. The van der Waals surface area contributed by atoms with Crippen LogP contribution in [0.2, 0.25) is 5.02 Å². The van der Waals surface area contributed by atoms with Crippen molar-refractivity contribution in [2.75, 3.05) is 19.0 Å². The Morgan fingerprint density at radius 2 is 2.04 bits per heavy atom. The molecule has 6 heteroatoms. The van der Waals surface area contributed by atoms with Gasteiger partial charge in [-0.2, -0.15) is 0 Å². The van der Waals surface area contributed by atoms with Gasteiger partial charge in [0.2, 0.25) is 0 Å². The van der Waals surface area contributed by atoms with Crippen LogP contribution in [0.1, 0.15) is 24.4 Å². The van der Waals surface area contributed by atoms with Crippen LogP contribution < -0.4 is 10.1 Å². The Morgan fingerprint density at radius 3 is 2.75 bits per heavy atom. The zero-order chi connectivity index (χ0) is 17.1. The first-order chi connectivity index (χ1) is 11.6. The molecule has 2 amide bonds. The van der Waals surface area contributed by atoms with E-state index < -0.39 is 0 Å². The number of hydrogen-bond acceptors (Lipinski definition) is 3. The average molecular weight is 347 g/mol. The summed E-state index contributed by atoms with van der Waals surface area (Å²) in [5.41, 5.74) is 1.48. The van der Waals surface area contributed by atoms with E-state index in [9.17, 15) is 9.90 Å². The third kappa shape index (κ3) is 3.26. The SMILES string of the molecule is COc1cccc(Cl)c1NC(=O)N1CCCC1c1ccc(O)cc1. The Labute approximate surface area is 145 Å². The molecule has 1 atom stereocenters. The molecule has 2 N–H and O–H groups in total. The number of benzene rings is 2. The summed E-state index contributed by atoms with van der Waals surface area (Å²) in [6.45, 7) is 0.671. The van der Waals surface area contributed by atoms with Gasteiger partial charge in [-0.05, 0) is 42.7 Å². The maximum absolute atomic E-state index is 12.7. The van der Waals surface area contributed by atoms with E-state index in [4.69, 9.17) is 16.3 Å². The molecule has 1 aliphatic rings. The van der Waals surface area contributed by atoms with Crippen LogP contribution >= 0.6 is 11.6 Å².